The molecule has 1 heterocycles. The zero-order valence-corrected chi connectivity index (χ0v) is 19.3. The Morgan fingerprint density at radius 1 is 0.968 bits per heavy atom. The fourth-order valence-corrected chi connectivity index (χ4v) is 5.06. The average molecular weight is 441 g/mol. The number of rotatable bonds is 15. The minimum Gasteiger partial charge on any atom is -0.481 e. The Bertz CT molecular complexity index is 528. The first-order valence-electron chi connectivity index (χ1n) is 12.5. The van der Waals surface area contributed by atoms with E-state index in [1.165, 1.54) is 25.7 Å². The lowest BCUT2D eigenvalue weighted by atomic mass is 9.84. The number of carbonyl (C=O) groups is 1. The van der Waals surface area contributed by atoms with Crippen LogP contribution >= 0.6 is 0 Å². The minimum atomic E-state index is -0.769. The van der Waals surface area contributed by atoms with Gasteiger partial charge in [-0.25, -0.2) is 0 Å². The van der Waals surface area contributed by atoms with Crippen LogP contribution in [-0.4, -0.2) is 52.5 Å². The summed E-state index contributed by atoms with van der Waals surface area (Å²) in [6, 6.07) is 0. The van der Waals surface area contributed by atoms with Gasteiger partial charge in [-0.2, -0.15) is 0 Å². The lowest BCUT2D eigenvalue weighted by Gasteiger charge is -2.39. The van der Waals surface area contributed by atoms with E-state index >= 15 is 0 Å². The molecule has 0 radical (unpaired) electrons. The fraction of sp³-hybridized carbons (Fsp3) is 0.880. The molecule has 1 saturated carbocycles. The summed E-state index contributed by atoms with van der Waals surface area (Å²) in [5, 5.41) is 29.8. The molecule has 6 heteroatoms. The van der Waals surface area contributed by atoms with Gasteiger partial charge in [-0.05, 0) is 56.8 Å². The van der Waals surface area contributed by atoms with Crippen molar-refractivity contribution >= 4 is 5.97 Å². The fourth-order valence-electron chi connectivity index (χ4n) is 5.06. The quantitative estimate of drug-likeness (QED) is 0.250. The van der Waals surface area contributed by atoms with E-state index in [0.29, 0.717) is 19.3 Å². The molecule has 2 unspecified atom stereocenters. The van der Waals surface area contributed by atoms with Gasteiger partial charge in [-0.1, -0.05) is 44.8 Å². The second kappa shape index (κ2) is 14.2. The zero-order chi connectivity index (χ0) is 22.5. The van der Waals surface area contributed by atoms with Crippen molar-refractivity contribution in [3.63, 3.8) is 0 Å². The molecule has 4 atom stereocenters. The van der Waals surface area contributed by atoms with Crippen LogP contribution in [0.5, 0.6) is 0 Å². The molecule has 0 spiro atoms. The summed E-state index contributed by atoms with van der Waals surface area (Å²) in [6.07, 6.45) is 15.1. The average Bonchev–Trinajstić information content (AvgIpc) is 3.02. The highest BCUT2D eigenvalue weighted by atomic mass is 16.7. The van der Waals surface area contributed by atoms with Crippen molar-refractivity contribution in [2.75, 3.05) is 13.2 Å². The van der Waals surface area contributed by atoms with Gasteiger partial charge in [-0.3, -0.25) is 4.79 Å². The number of ether oxygens (including phenoxy) is 2. The predicted molar refractivity (Wildman–Crippen MR) is 121 cm³/mol. The molecule has 0 bridgehead atoms. The van der Waals surface area contributed by atoms with Gasteiger partial charge in [0, 0.05) is 19.3 Å². The van der Waals surface area contributed by atoms with E-state index in [2.05, 4.69) is 6.92 Å². The van der Waals surface area contributed by atoms with Crippen LogP contribution in [0.15, 0.2) is 12.2 Å². The van der Waals surface area contributed by atoms with Crippen LogP contribution in [0.25, 0.3) is 0 Å². The van der Waals surface area contributed by atoms with Crippen LogP contribution in [0.4, 0.5) is 0 Å². The Kier molecular flexibility index (Phi) is 12.1. The Morgan fingerprint density at radius 3 is 2.39 bits per heavy atom. The summed E-state index contributed by atoms with van der Waals surface area (Å²) in [7, 11) is 0. The van der Waals surface area contributed by atoms with E-state index in [9.17, 15) is 15.0 Å². The summed E-state index contributed by atoms with van der Waals surface area (Å²) in [5.74, 6) is -1.25. The summed E-state index contributed by atoms with van der Waals surface area (Å²) in [5.41, 5.74) is 0. The number of hydrogen-bond donors (Lipinski definition) is 3. The van der Waals surface area contributed by atoms with E-state index in [-0.39, 0.29) is 18.3 Å². The van der Waals surface area contributed by atoms with Gasteiger partial charge in [0.2, 0.25) is 0 Å². The summed E-state index contributed by atoms with van der Waals surface area (Å²) >= 11 is 0. The summed E-state index contributed by atoms with van der Waals surface area (Å²) < 4.78 is 12.3. The highest BCUT2D eigenvalue weighted by Crippen LogP contribution is 2.41. The number of carboxylic acids is 1. The lowest BCUT2D eigenvalue weighted by molar-refractivity contribution is -0.276. The largest absolute Gasteiger partial charge is 0.481 e. The molecule has 0 aromatic rings. The molecule has 31 heavy (non-hydrogen) atoms. The third-order valence-corrected chi connectivity index (χ3v) is 6.90. The third kappa shape index (κ3) is 9.21. The second-order valence-electron chi connectivity index (χ2n) is 9.36. The predicted octanol–water partition coefficient (Wildman–Crippen LogP) is 4.82. The Balaban J connectivity index is 1.85. The van der Waals surface area contributed by atoms with Gasteiger partial charge in [0.1, 0.15) is 0 Å². The van der Waals surface area contributed by atoms with Crippen molar-refractivity contribution in [3.05, 3.63) is 12.2 Å². The van der Waals surface area contributed by atoms with Crippen molar-refractivity contribution in [2.24, 2.45) is 11.8 Å². The Hall–Kier alpha value is -0.950. The molecule has 0 amide bonds. The molecule has 0 aromatic heterocycles. The lowest BCUT2D eigenvalue weighted by Crippen LogP contribution is -2.41. The summed E-state index contributed by atoms with van der Waals surface area (Å²) in [4.78, 5) is 10.6. The van der Waals surface area contributed by atoms with Crippen LogP contribution < -0.4 is 0 Å². The van der Waals surface area contributed by atoms with Gasteiger partial charge in [0.05, 0.1) is 25.4 Å². The van der Waals surface area contributed by atoms with Gasteiger partial charge >= 0.3 is 5.97 Å². The van der Waals surface area contributed by atoms with E-state index in [1.807, 2.05) is 12.2 Å². The molecule has 2 fully saturated rings. The number of aliphatic hydroxyl groups excluding tert-OH is 2. The van der Waals surface area contributed by atoms with E-state index < -0.39 is 24.0 Å². The van der Waals surface area contributed by atoms with Gasteiger partial charge < -0.3 is 24.8 Å². The van der Waals surface area contributed by atoms with Crippen LogP contribution in [0.1, 0.15) is 96.8 Å². The molecule has 180 valence electrons. The molecule has 2 rings (SSSR count). The van der Waals surface area contributed by atoms with Crippen LogP contribution in [0.2, 0.25) is 0 Å². The smallest absolute Gasteiger partial charge is 0.303 e. The molecule has 1 aliphatic carbocycles. The minimum absolute atomic E-state index is 0.0240. The van der Waals surface area contributed by atoms with Gasteiger partial charge in [0.15, 0.2) is 5.79 Å². The van der Waals surface area contributed by atoms with Crippen molar-refractivity contribution < 1.29 is 29.6 Å². The van der Waals surface area contributed by atoms with Crippen molar-refractivity contribution in [1.29, 1.82) is 0 Å². The van der Waals surface area contributed by atoms with Crippen molar-refractivity contribution in [2.45, 2.75) is 115 Å². The maximum atomic E-state index is 10.6. The second-order valence-corrected chi connectivity index (χ2v) is 9.36. The van der Waals surface area contributed by atoms with Crippen molar-refractivity contribution in [1.82, 2.24) is 0 Å². The highest BCUT2D eigenvalue weighted by Gasteiger charge is 2.43. The first kappa shape index (κ1) is 26.3. The van der Waals surface area contributed by atoms with E-state index in [1.54, 1.807) is 0 Å². The monoisotopic (exact) mass is 440 g/mol. The van der Waals surface area contributed by atoms with Crippen LogP contribution in [0, 0.1) is 11.8 Å². The molecule has 1 saturated heterocycles. The number of aliphatic hydroxyl groups is 2. The van der Waals surface area contributed by atoms with Gasteiger partial charge in [0.25, 0.3) is 0 Å². The number of allylic oxidation sites excluding steroid dienone is 2. The topological polar surface area (TPSA) is 96.2 Å². The van der Waals surface area contributed by atoms with Gasteiger partial charge in [-0.15, -0.1) is 0 Å². The number of hydrogen-bond acceptors (Lipinski definition) is 5. The number of unbranched alkanes of at least 4 members (excludes halogenated alkanes) is 5. The molecular formula is C25H44O6. The molecular weight excluding hydrogens is 396 g/mol. The molecule has 0 aromatic carbocycles. The number of aliphatic carboxylic acids is 1. The zero-order valence-electron chi connectivity index (χ0n) is 19.3. The standard InChI is InChI=1S/C25H44O6/c1-2-3-4-7-10-15-25(30-17-11-18-31-25)16-14-21-20(22(26)19-23(21)27)12-8-5-6-9-13-24(28)29/h5,8,20-23,26-27H,2-4,6-7,9-19H2,1H3,(H,28,29)/b8-5-/t20?,21-,22?,23-/m1/s1. The maximum Gasteiger partial charge on any atom is 0.303 e. The summed E-state index contributed by atoms with van der Waals surface area (Å²) in [6.45, 7) is 3.68. The third-order valence-electron chi connectivity index (χ3n) is 6.90. The first-order valence-corrected chi connectivity index (χ1v) is 12.5. The normalized spacial score (nSPS) is 28.4. The Morgan fingerprint density at radius 2 is 1.68 bits per heavy atom. The van der Waals surface area contributed by atoms with Crippen LogP contribution in [-0.2, 0) is 14.3 Å². The molecule has 3 N–H and O–H groups in total. The first-order chi connectivity index (χ1) is 15.0. The Labute approximate surface area is 188 Å². The molecule has 2 aliphatic rings. The van der Waals surface area contributed by atoms with E-state index in [0.717, 1.165) is 51.7 Å². The molecule has 6 nitrogen and oxygen atoms in total. The van der Waals surface area contributed by atoms with E-state index in [4.69, 9.17) is 14.6 Å². The highest BCUT2D eigenvalue weighted by molar-refractivity contribution is 5.66. The van der Waals surface area contributed by atoms with Crippen LogP contribution in [0.3, 0.4) is 0 Å². The maximum absolute atomic E-state index is 10.6. The number of carboxylic acid groups (broad SMARTS) is 1. The van der Waals surface area contributed by atoms with Crippen molar-refractivity contribution in [3.8, 4) is 0 Å². The molecule has 1 aliphatic heterocycles. The SMILES string of the molecule is CCCCCCCC1(CC[C@@H]2C(C/C=C\CCCC(=O)O)C(O)C[C@H]2O)OCCCO1.